The van der Waals surface area contributed by atoms with E-state index in [-0.39, 0.29) is 0 Å². The predicted molar refractivity (Wildman–Crippen MR) is 162 cm³/mol. The molecule has 0 saturated heterocycles. The summed E-state index contributed by atoms with van der Waals surface area (Å²) in [5.74, 6) is 0. The molecule has 0 aliphatic carbocycles. The van der Waals surface area contributed by atoms with Gasteiger partial charge in [-0.2, -0.15) is 0 Å². The van der Waals surface area contributed by atoms with Gasteiger partial charge in [0.05, 0.1) is 11.0 Å². The molecule has 0 amide bonds. The number of hydrogen-bond donors (Lipinski definition) is 0. The van der Waals surface area contributed by atoms with Gasteiger partial charge < -0.3 is 4.57 Å². The third-order valence-electron chi connectivity index (χ3n) is 7.31. The number of hydrogen-bond acceptors (Lipinski definition) is 2. The van der Waals surface area contributed by atoms with Crippen LogP contribution in [0.25, 0.3) is 43.7 Å². The van der Waals surface area contributed by atoms with Crippen LogP contribution in [0.5, 0.6) is 0 Å². The molecule has 0 atom stereocenters. The van der Waals surface area contributed by atoms with Crippen molar-refractivity contribution in [2.24, 2.45) is 0 Å². The highest BCUT2D eigenvalue weighted by Crippen LogP contribution is 2.43. The van der Waals surface area contributed by atoms with E-state index < -0.39 is 7.14 Å². The van der Waals surface area contributed by atoms with Crippen LogP contribution in [0.4, 0.5) is 0 Å². The minimum Gasteiger partial charge on any atom is -0.309 e. The first-order valence-corrected chi connectivity index (χ1v) is 14.5. The van der Waals surface area contributed by atoms with Crippen LogP contribution >= 0.6 is 7.14 Å². The van der Waals surface area contributed by atoms with Crippen LogP contribution in [0.1, 0.15) is 0 Å². The highest BCUT2D eigenvalue weighted by Gasteiger charge is 2.29. The van der Waals surface area contributed by atoms with Gasteiger partial charge >= 0.3 is 0 Å². The Morgan fingerprint density at radius 1 is 0.474 bits per heavy atom. The standard InChI is InChI=1S/C35H24NOP/c37-38(28-12-3-1-4-13-28,29-14-5-2-6-15-29)30-21-19-25(20-22-30)33-24-27-23-26-11-7-10-18-34(26)36-35(27)32-17-9-8-16-31(32)33/h1-24H. The molecule has 180 valence electrons. The third-order valence-corrected chi connectivity index (χ3v) is 10.4. The Kier molecular flexibility index (Phi) is 5.43. The van der Waals surface area contributed by atoms with Crippen LogP contribution < -0.4 is 15.9 Å². The van der Waals surface area contributed by atoms with Gasteiger partial charge in [0.1, 0.15) is 0 Å². The molecule has 2 nitrogen and oxygen atoms in total. The summed E-state index contributed by atoms with van der Waals surface area (Å²) in [5.41, 5.74) is 4.25. The fourth-order valence-corrected chi connectivity index (χ4v) is 8.08. The minimum absolute atomic E-state index is 0.830. The normalized spacial score (nSPS) is 11.8. The molecule has 0 aliphatic heterocycles. The Balaban J connectivity index is 1.42. The third kappa shape index (κ3) is 3.65. The summed E-state index contributed by atoms with van der Waals surface area (Å²) >= 11 is 0. The van der Waals surface area contributed by atoms with E-state index in [4.69, 9.17) is 4.98 Å². The summed E-state index contributed by atoms with van der Waals surface area (Å²) in [6, 6.07) is 49.1. The van der Waals surface area contributed by atoms with Crippen molar-refractivity contribution in [3.8, 4) is 11.1 Å². The minimum atomic E-state index is -3.01. The quantitative estimate of drug-likeness (QED) is 0.139. The van der Waals surface area contributed by atoms with Crippen LogP contribution in [0.15, 0.2) is 146 Å². The maximum Gasteiger partial charge on any atom is 0.171 e. The zero-order valence-corrected chi connectivity index (χ0v) is 21.6. The van der Waals surface area contributed by atoms with E-state index >= 15 is 0 Å². The number of para-hydroxylation sites is 1. The number of benzene rings is 6. The van der Waals surface area contributed by atoms with E-state index in [1.54, 1.807) is 0 Å². The number of fused-ring (bicyclic) bond motifs is 4. The summed E-state index contributed by atoms with van der Waals surface area (Å²) in [6.07, 6.45) is 0. The van der Waals surface area contributed by atoms with Gasteiger partial charge in [0, 0.05) is 32.1 Å². The topological polar surface area (TPSA) is 30.0 Å². The smallest absolute Gasteiger partial charge is 0.171 e. The van der Waals surface area contributed by atoms with E-state index in [2.05, 4.69) is 60.7 Å². The van der Waals surface area contributed by atoms with Crippen LogP contribution in [-0.2, 0) is 4.57 Å². The molecular weight excluding hydrogens is 481 g/mol. The van der Waals surface area contributed by atoms with Crippen LogP contribution in [0, 0.1) is 0 Å². The van der Waals surface area contributed by atoms with Gasteiger partial charge in [-0.1, -0.05) is 127 Å². The molecule has 0 fully saturated rings. The van der Waals surface area contributed by atoms with Gasteiger partial charge in [0.15, 0.2) is 7.14 Å². The number of pyridine rings is 1. The molecule has 0 aliphatic rings. The Bertz CT molecular complexity index is 1940. The van der Waals surface area contributed by atoms with E-state index in [0.717, 1.165) is 59.6 Å². The van der Waals surface area contributed by atoms with Crippen molar-refractivity contribution >= 4 is 55.6 Å². The molecule has 6 aromatic carbocycles. The highest BCUT2D eigenvalue weighted by molar-refractivity contribution is 7.85. The molecular formula is C35H24NOP. The molecule has 0 saturated carbocycles. The molecule has 7 rings (SSSR count). The van der Waals surface area contributed by atoms with Gasteiger partial charge in [-0.3, -0.25) is 0 Å². The summed E-state index contributed by atoms with van der Waals surface area (Å²) in [4.78, 5) is 5.02. The largest absolute Gasteiger partial charge is 0.309 e. The molecule has 3 heteroatoms. The molecule has 38 heavy (non-hydrogen) atoms. The lowest BCUT2D eigenvalue weighted by atomic mass is 9.95. The predicted octanol–water partition coefficient (Wildman–Crippen LogP) is 7.85. The molecule has 0 bridgehead atoms. The summed E-state index contributed by atoms with van der Waals surface area (Å²) in [7, 11) is -3.01. The number of aromatic nitrogens is 1. The first-order valence-electron chi connectivity index (χ1n) is 12.8. The lowest BCUT2D eigenvalue weighted by Gasteiger charge is -2.20. The molecule has 1 heterocycles. The van der Waals surface area contributed by atoms with E-state index in [1.165, 1.54) is 0 Å². The van der Waals surface area contributed by atoms with E-state index in [0.29, 0.717) is 0 Å². The SMILES string of the molecule is O=P(c1ccccc1)(c1ccccc1)c1ccc(-c2cc3cc4ccccc4nc3c3ccccc23)cc1. The van der Waals surface area contributed by atoms with Crippen molar-refractivity contribution < 1.29 is 4.57 Å². The summed E-state index contributed by atoms with van der Waals surface area (Å²) in [5, 5.41) is 7.04. The van der Waals surface area contributed by atoms with Gasteiger partial charge in [0.2, 0.25) is 0 Å². The van der Waals surface area contributed by atoms with Crippen molar-refractivity contribution in [2.75, 3.05) is 0 Å². The molecule has 1 aromatic heterocycles. The van der Waals surface area contributed by atoms with Gasteiger partial charge in [-0.15, -0.1) is 0 Å². The van der Waals surface area contributed by atoms with Gasteiger partial charge in [0.25, 0.3) is 0 Å². The molecule has 0 spiro atoms. The maximum absolute atomic E-state index is 14.8. The van der Waals surface area contributed by atoms with E-state index in [1.807, 2.05) is 84.9 Å². The van der Waals surface area contributed by atoms with Crippen molar-refractivity contribution in [1.29, 1.82) is 0 Å². The van der Waals surface area contributed by atoms with Crippen LogP contribution in [-0.4, -0.2) is 4.98 Å². The molecule has 0 radical (unpaired) electrons. The Hall–Kier alpha value is -4.52. The molecule has 0 N–H and O–H groups in total. The number of nitrogens with zero attached hydrogens (tertiary/aromatic N) is 1. The number of rotatable bonds is 4. The summed E-state index contributed by atoms with van der Waals surface area (Å²) < 4.78 is 14.8. The fraction of sp³-hybridized carbons (Fsp3) is 0. The summed E-state index contributed by atoms with van der Waals surface area (Å²) in [6.45, 7) is 0. The van der Waals surface area contributed by atoms with Crippen molar-refractivity contribution in [3.05, 3.63) is 146 Å². The fourth-order valence-electron chi connectivity index (χ4n) is 5.43. The molecule has 7 aromatic rings. The second-order valence-electron chi connectivity index (χ2n) is 9.55. The first-order chi connectivity index (χ1) is 18.7. The zero-order valence-electron chi connectivity index (χ0n) is 20.7. The van der Waals surface area contributed by atoms with Crippen molar-refractivity contribution in [2.45, 2.75) is 0 Å². The Labute approximate surface area is 221 Å². The van der Waals surface area contributed by atoms with Crippen LogP contribution in [0.2, 0.25) is 0 Å². The Morgan fingerprint density at radius 2 is 1.03 bits per heavy atom. The maximum atomic E-state index is 14.8. The van der Waals surface area contributed by atoms with Gasteiger partial charge in [-0.25, -0.2) is 4.98 Å². The van der Waals surface area contributed by atoms with Crippen LogP contribution in [0.3, 0.4) is 0 Å². The van der Waals surface area contributed by atoms with Crippen molar-refractivity contribution in [1.82, 2.24) is 4.98 Å². The monoisotopic (exact) mass is 505 g/mol. The van der Waals surface area contributed by atoms with Gasteiger partial charge in [-0.05, 0) is 34.7 Å². The Morgan fingerprint density at radius 3 is 1.71 bits per heavy atom. The van der Waals surface area contributed by atoms with Crippen molar-refractivity contribution in [3.63, 3.8) is 0 Å². The second kappa shape index (κ2) is 9.10. The highest BCUT2D eigenvalue weighted by atomic mass is 31.2. The van der Waals surface area contributed by atoms with E-state index in [9.17, 15) is 4.57 Å². The lowest BCUT2D eigenvalue weighted by Crippen LogP contribution is -2.24. The molecule has 0 unspecified atom stereocenters. The zero-order chi connectivity index (χ0) is 25.5. The average molecular weight is 506 g/mol. The first kappa shape index (κ1) is 22.7. The lowest BCUT2D eigenvalue weighted by molar-refractivity contribution is 0.592. The average Bonchev–Trinajstić information content (AvgIpc) is 3.00. The second-order valence-corrected chi connectivity index (χ2v) is 12.3.